The molecule has 0 fully saturated rings. The van der Waals surface area contributed by atoms with E-state index in [2.05, 4.69) is 0 Å². The number of nitrogens with two attached hydrogens (primary N) is 1. The number of methoxy groups -OCH3 is 1. The first-order valence-corrected chi connectivity index (χ1v) is 4.23. The molecular formula is C10H11F2NO2. The lowest BCUT2D eigenvalue weighted by Crippen LogP contribution is -2.41. The van der Waals surface area contributed by atoms with Gasteiger partial charge in [-0.1, -0.05) is 6.07 Å². The number of carbonyl (C=O) groups excluding carboxylic acids is 1. The summed E-state index contributed by atoms with van der Waals surface area (Å²) >= 11 is 0. The SMILES string of the molecule is COC(C)(C(N)=O)c1c(F)cccc1F. The van der Waals surface area contributed by atoms with Gasteiger partial charge >= 0.3 is 0 Å². The van der Waals surface area contributed by atoms with Crippen molar-refractivity contribution >= 4 is 5.91 Å². The molecular weight excluding hydrogens is 204 g/mol. The number of rotatable bonds is 3. The summed E-state index contributed by atoms with van der Waals surface area (Å²) in [6.45, 7) is 1.22. The Labute approximate surface area is 85.8 Å². The molecule has 0 spiro atoms. The number of amides is 1. The average Bonchev–Trinajstić information content (AvgIpc) is 2.16. The van der Waals surface area contributed by atoms with Crippen molar-refractivity contribution in [2.75, 3.05) is 7.11 Å². The molecule has 1 aromatic carbocycles. The van der Waals surface area contributed by atoms with Gasteiger partial charge in [0.15, 0.2) is 5.60 Å². The van der Waals surface area contributed by atoms with Crippen LogP contribution < -0.4 is 5.73 Å². The Balaban J connectivity index is 3.42. The van der Waals surface area contributed by atoms with Gasteiger partial charge in [0.2, 0.25) is 0 Å². The van der Waals surface area contributed by atoms with E-state index >= 15 is 0 Å². The molecule has 0 aromatic heterocycles. The van der Waals surface area contributed by atoms with Gasteiger partial charge in [-0.25, -0.2) is 8.78 Å². The molecule has 1 aromatic rings. The summed E-state index contributed by atoms with van der Waals surface area (Å²) in [6.07, 6.45) is 0. The van der Waals surface area contributed by atoms with Crippen molar-refractivity contribution in [3.05, 3.63) is 35.4 Å². The van der Waals surface area contributed by atoms with Crippen LogP contribution in [-0.2, 0) is 15.1 Å². The maximum atomic E-state index is 13.4. The van der Waals surface area contributed by atoms with E-state index < -0.39 is 28.7 Å². The van der Waals surface area contributed by atoms with Crippen LogP contribution in [0.25, 0.3) is 0 Å². The molecule has 0 heterocycles. The molecule has 2 N–H and O–H groups in total. The minimum absolute atomic E-state index is 0.472. The summed E-state index contributed by atoms with van der Waals surface area (Å²) in [7, 11) is 1.16. The summed E-state index contributed by atoms with van der Waals surface area (Å²) in [5.41, 5.74) is 2.79. The maximum absolute atomic E-state index is 13.4. The average molecular weight is 215 g/mol. The highest BCUT2D eigenvalue weighted by Gasteiger charge is 2.38. The molecule has 0 saturated heterocycles. The van der Waals surface area contributed by atoms with Gasteiger partial charge < -0.3 is 10.5 Å². The zero-order valence-corrected chi connectivity index (χ0v) is 8.38. The Morgan fingerprint density at radius 2 is 1.87 bits per heavy atom. The van der Waals surface area contributed by atoms with E-state index in [1.165, 1.54) is 13.0 Å². The van der Waals surface area contributed by atoms with Crippen molar-refractivity contribution in [3.8, 4) is 0 Å². The van der Waals surface area contributed by atoms with Crippen molar-refractivity contribution in [1.82, 2.24) is 0 Å². The molecule has 1 rings (SSSR count). The topological polar surface area (TPSA) is 52.3 Å². The predicted molar refractivity (Wildman–Crippen MR) is 49.9 cm³/mol. The minimum atomic E-state index is -1.80. The molecule has 0 aliphatic heterocycles. The fraction of sp³-hybridized carbons (Fsp3) is 0.300. The number of benzene rings is 1. The van der Waals surface area contributed by atoms with Crippen molar-refractivity contribution in [3.63, 3.8) is 0 Å². The van der Waals surface area contributed by atoms with Crippen LogP contribution in [0.5, 0.6) is 0 Å². The van der Waals surface area contributed by atoms with E-state index in [0.717, 1.165) is 19.2 Å². The summed E-state index contributed by atoms with van der Waals surface area (Å²) in [5, 5.41) is 0. The molecule has 0 bridgehead atoms. The standard InChI is InChI=1S/C10H11F2NO2/c1-10(15-2,9(13)14)8-6(11)4-3-5-7(8)12/h3-5H,1-2H3,(H2,13,14). The first-order valence-electron chi connectivity index (χ1n) is 4.23. The minimum Gasteiger partial charge on any atom is -0.367 e. The van der Waals surface area contributed by atoms with Crippen LogP contribution in [0.4, 0.5) is 8.78 Å². The number of hydrogen-bond donors (Lipinski definition) is 1. The number of halogens is 2. The third-order valence-electron chi connectivity index (χ3n) is 2.32. The summed E-state index contributed by atoms with van der Waals surface area (Å²) in [6, 6.07) is 3.28. The van der Waals surface area contributed by atoms with Crippen LogP contribution in [0, 0.1) is 11.6 Å². The van der Waals surface area contributed by atoms with E-state index in [9.17, 15) is 13.6 Å². The molecule has 0 aliphatic carbocycles. The first-order chi connectivity index (χ1) is 6.93. The molecule has 5 heteroatoms. The van der Waals surface area contributed by atoms with Crippen LogP contribution in [0.1, 0.15) is 12.5 Å². The fourth-order valence-electron chi connectivity index (χ4n) is 1.28. The Morgan fingerprint density at radius 1 is 1.40 bits per heavy atom. The Hall–Kier alpha value is -1.49. The number of primary amides is 1. The van der Waals surface area contributed by atoms with Crippen LogP contribution in [0.15, 0.2) is 18.2 Å². The lowest BCUT2D eigenvalue weighted by atomic mass is 9.94. The summed E-state index contributed by atoms with van der Waals surface area (Å²) in [5.74, 6) is -2.68. The highest BCUT2D eigenvalue weighted by Crippen LogP contribution is 2.29. The van der Waals surface area contributed by atoms with Crippen LogP contribution in [-0.4, -0.2) is 13.0 Å². The van der Waals surface area contributed by atoms with Gasteiger partial charge in [-0.2, -0.15) is 0 Å². The predicted octanol–water partition coefficient (Wildman–Crippen LogP) is 1.31. The Morgan fingerprint density at radius 3 is 2.20 bits per heavy atom. The quantitative estimate of drug-likeness (QED) is 0.826. The second-order valence-electron chi connectivity index (χ2n) is 3.20. The molecule has 1 atom stereocenters. The molecule has 1 unspecified atom stereocenters. The van der Waals surface area contributed by atoms with E-state index in [0.29, 0.717) is 0 Å². The molecule has 1 amide bonds. The number of hydrogen-bond acceptors (Lipinski definition) is 2. The van der Waals surface area contributed by atoms with Crippen LogP contribution in [0.2, 0.25) is 0 Å². The van der Waals surface area contributed by atoms with Gasteiger partial charge in [0, 0.05) is 7.11 Å². The highest BCUT2D eigenvalue weighted by atomic mass is 19.1. The number of ether oxygens (including phenoxy) is 1. The van der Waals surface area contributed by atoms with E-state index in [4.69, 9.17) is 10.5 Å². The van der Waals surface area contributed by atoms with E-state index in [1.807, 2.05) is 0 Å². The molecule has 0 aliphatic rings. The third-order valence-corrected chi connectivity index (χ3v) is 2.32. The lowest BCUT2D eigenvalue weighted by Gasteiger charge is -2.25. The Bertz CT molecular complexity index is 375. The largest absolute Gasteiger partial charge is 0.367 e. The molecule has 15 heavy (non-hydrogen) atoms. The normalized spacial score (nSPS) is 14.7. The second kappa shape index (κ2) is 3.94. The van der Waals surface area contributed by atoms with Crippen LogP contribution >= 0.6 is 0 Å². The number of carbonyl (C=O) groups is 1. The second-order valence-corrected chi connectivity index (χ2v) is 3.20. The van der Waals surface area contributed by atoms with E-state index in [-0.39, 0.29) is 0 Å². The van der Waals surface area contributed by atoms with Gasteiger partial charge in [0.1, 0.15) is 11.6 Å². The zero-order chi connectivity index (χ0) is 11.6. The molecule has 0 saturated carbocycles. The summed E-state index contributed by atoms with van der Waals surface area (Å²) in [4.78, 5) is 11.1. The Kier molecular flexibility index (Phi) is 3.04. The fourth-order valence-corrected chi connectivity index (χ4v) is 1.28. The van der Waals surface area contributed by atoms with Crippen molar-refractivity contribution in [1.29, 1.82) is 0 Å². The maximum Gasteiger partial charge on any atom is 0.254 e. The molecule has 0 radical (unpaired) electrons. The van der Waals surface area contributed by atoms with Gasteiger partial charge in [0.25, 0.3) is 5.91 Å². The monoisotopic (exact) mass is 215 g/mol. The highest BCUT2D eigenvalue weighted by molar-refractivity contribution is 5.84. The zero-order valence-electron chi connectivity index (χ0n) is 8.38. The summed E-state index contributed by atoms with van der Waals surface area (Å²) < 4.78 is 31.5. The van der Waals surface area contributed by atoms with Gasteiger partial charge in [-0.15, -0.1) is 0 Å². The molecule has 3 nitrogen and oxygen atoms in total. The smallest absolute Gasteiger partial charge is 0.254 e. The van der Waals surface area contributed by atoms with Gasteiger partial charge in [0.05, 0.1) is 5.56 Å². The van der Waals surface area contributed by atoms with Crippen molar-refractivity contribution < 1.29 is 18.3 Å². The first kappa shape index (κ1) is 11.6. The van der Waals surface area contributed by atoms with Crippen LogP contribution in [0.3, 0.4) is 0 Å². The van der Waals surface area contributed by atoms with Crippen molar-refractivity contribution in [2.24, 2.45) is 5.73 Å². The van der Waals surface area contributed by atoms with Gasteiger partial charge in [-0.05, 0) is 19.1 Å². The molecule has 82 valence electrons. The van der Waals surface area contributed by atoms with E-state index in [1.54, 1.807) is 0 Å². The van der Waals surface area contributed by atoms with Crippen molar-refractivity contribution in [2.45, 2.75) is 12.5 Å². The third kappa shape index (κ3) is 1.83. The van der Waals surface area contributed by atoms with Gasteiger partial charge in [-0.3, -0.25) is 4.79 Å². The lowest BCUT2D eigenvalue weighted by molar-refractivity contribution is -0.139.